The van der Waals surface area contributed by atoms with Crippen LogP contribution in [0.25, 0.3) is 0 Å². The summed E-state index contributed by atoms with van der Waals surface area (Å²) in [5, 5.41) is 3.33. The van der Waals surface area contributed by atoms with Gasteiger partial charge in [0.05, 0.1) is 11.4 Å². The van der Waals surface area contributed by atoms with Crippen LogP contribution in [0.1, 0.15) is 16.5 Å². The molecule has 1 aromatic heterocycles. The number of likely N-dealkylation sites (N-methyl/N-ethyl adjacent to an activating group) is 1. The van der Waals surface area contributed by atoms with Crippen LogP contribution < -0.4 is 10.1 Å². The predicted octanol–water partition coefficient (Wildman–Crippen LogP) is 3.91. The van der Waals surface area contributed by atoms with Gasteiger partial charge >= 0.3 is 0 Å². The van der Waals surface area contributed by atoms with Crippen molar-refractivity contribution in [2.24, 2.45) is 0 Å². The van der Waals surface area contributed by atoms with Crippen molar-refractivity contribution in [3.05, 3.63) is 51.2 Å². The molecule has 96 valence electrons. The van der Waals surface area contributed by atoms with E-state index in [2.05, 4.69) is 17.4 Å². The van der Waals surface area contributed by atoms with Gasteiger partial charge in [0.25, 0.3) is 0 Å². The minimum atomic E-state index is 0.263. The maximum absolute atomic E-state index is 5.99. The lowest BCUT2D eigenvalue weighted by molar-refractivity contribution is 0.406. The first-order valence-corrected chi connectivity index (χ1v) is 6.98. The van der Waals surface area contributed by atoms with Crippen LogP contribution in [0, 0.1) is 0 Å². The molecular formula is C14H16ClNOS. The van der Waals surface area contributed by atoms with Gasteiger partial charge in [-0.3, -0.25) is 0 Å². The first kappa shape index (κ1) is 13.4. The lowest BCUT2D eigenvalue weighted by atomic mass is 10.0. The van der Waals surface area contributed by atoms with Gasteiger partial charge in [-0.15, -0.1) is 11.3 Å². The Bertz CT molecular complexity index is 512. The molecular weight excluding hydrogens is 266 g/mol. The first-order valence-electron chi connectivity index (χ1n) is 5.79. The summed E-state index contributed by atoms with van der Waals surface area (Å²) in [6, 6.07) is 12.4. The third-order valence-electron chi connectivity index (χ3n) is 2.90. The number of methoxy groups -OCH3 is 1. The molecule has 18 heavy (non-hydrogen) atoms. The highest BCUT2D eigenvalue weighted by molar-refractivity contribution is 7.16. The lowest BCUT2D eigenvalue weighted by Gasteiger charge is -2.16. The summed E-state index contributed by atoms with van der Waals surface area (Å²) in [4.78, 5) is 1.24. The van der Waals surface area contributed by atoms with E-state index in [0.29, 0.717) is 0 Å². The van der Waals surface area contributed by atoms with Gasteiger partial charge in [-0.05, 0) is 37.2 Å². The van der Waals surface area contributed by atoms with E-state index >= 15 is 0 Å². The van der Waals surface area contributed by atoms with Crippen LogP contribution in [-0.4, -0.2) is 14.2 Å². The largest absolute Gasteiger partial charge is 0.496 e. The fourth-order valence-electron chi connectivity index (χ4n) is 1.95. The van der Waals surface area contributed by atoms with Crippen LogP contribution in [0.5, 0.6) is 5.75 Å². The second-order valence-electron chi connectivity index (χ2n) is 4.00. The molecule has 0 radical (unpaired) electrons. The van der Waals surface area contributed by atoms with Crippen molar-refractivity contribution in [2.75, 3.05) is 14.2 Å². The van der Waals surface area contributed by atoms with Crippen molar-refractivity contribution in [1.29, 1.82) is 0 Å². The number of ether oxygens (including phenoxy) is 1. The van der Waals surface area contributed by atoms with E-state index in [1.54, 1.807) is 18.4 Å². The molecule has 0 aliphatic heterocycles. The Balaban J connectivity index is 2.20. The number of thiophene rings is 1. The van der Waals surface area contributed by atoms with Gasteiger partial charge in [-0.1, -0.05) is 29.8 Å². The van der Waals surface area contributed by atoms with Gasteiger partial charge in [0.15, 0.2) is 0 Å². The van der Waals surface area contributed by atoms with Crippen molar-refractivity contribution in [3.8, 4) is 5.75 Å². The summed E-state index contributed by atoms with van der Waals surface area (Å²) in [5.41, 5.74) is 1.20. The van der Waals surface area contributed by atoms with E-state index < -0.39 is 0 Å². The van der Waals surface area contributed by atoms with E-state index in [4.69, 9.17) is 16.3 Å². The van der Waals surface area contributed by atoms with Crippen LogP contribution in [0.15, 0.2) is 36.4 Å². The van der Waals surface area contributed by atoms with Crippen molar-refractivity contribution >= 4 is 22.9 Å². The van der Waals surface area contributed by atoms with Gasteiger partial charge in [0.1, 0.15) is 5.75 Å². The fourth-order valence-corrected chi connectivity index (χ4v) is 3.12. The second-order valence-corrected chi connectivity index (χ2v) is 5.75. The molecule has 0 spiro atoms. The maximum atomic E-state index is 5.99. The minimum Gasteiger partial charge on any atom is -0.496 e. The Morgan fingerprint density at radius 2 is 2.06 bits per heavy atom. The summed E-state index contributed by atoms with van der Waals surface area (Å²) in [7, 11) is 3.67. The Hall–Kier alpha value is -1.03. The highest BCUT2D eigenvalue weighted by Crippen LogP contribution is 2.30. The molecule has 2 nitrogen and oxygen atoms in total. The lowest BCUT2D eigenvalue weighted by Crippen LogP contribution is -2.18. The highest BCUT2D eigenvalue weighted by atomic mass is 35.5. The van der Waals surface area contributed by atoms with Crippen molar-refractivity contribution in [3.63, 3.8) is 0 Å². The number of para-hydroxylation sites is 1. The van der Waals surface area contributed by atoms with Gasteiger partial charge in [-0.2, -0.15) is 0 Å². The molecule has 1 N–H and O–H groups in total. The average molecular weight is 282 g/mol. The number of halogens is 1. The molecule has 1 heterocycles. The first-order chi connectivity index (χ1) is 8.74. The van der Waals surface area contributed by atoms with Crippen LogP contribution in [-0.2, 0) is 6.42 Å². The zero-order chi connectivity index (χ0) is 13.0. The SMILES string of the molecule is CNC(Cc1ccccc1OC)c1ccc(Cl)s1. The summed E-state index contributed by atoms with van der Waals surface area (Å²) in [5.74, 6) is 0.931. The fraction of sp³-hybridized carbons (Fsp3) is 0.286. The third kappa shape index (κ3) is 3.05. The van der Waals surface area contributed by atoms with Gasteiger partial charge in [-0.25, -0.2) is 0 Å². The molecule has 0 bridgehead atoms. The zero-order valence-electron chi connectivity index (χ0n) is 10.4. The molecule has 0 aliphatic rings. The molecule has 0 aliphatic carbocycles. The van der Waals surface area contributed by atoms with E-state index in [-0.39, 0.29) is 6.04 Å². The summed E-state index contributed by atoms with van der Waals surface area (Å²) in [6.45, 7) is 0. The molecule has 1 aromatic carbocycles. The van der Waals surface area contributed by atoms with Crippen LogP contribution >= 0.6 is 22.9 Å². The zero-order valence-corrected chi connectivity index (χ0v) is 12.0. The van der Waals surface area contributed by atoms with Crippen molar-refractivity contribution in [1.82, 2.24) is 5.32 Å². The quantitative estimate of drug-likeness (QED) is 0.897. The normalized spacial score (nSPS) is 12.4. The molecule has 2 aromatic rings. The summed E-state index contributed by atoms with van der Waals surface area (Å²) in [6.07, 6.45) is 0.886. The molecule has 0 saturated heterocycles. The molecule has 1 unspecified atom stereocenters. The Morgan fingerprint density at radius 1 is 1.28 bits per heavy atom. The Kier molecular flexibility index (Phi) is 4.64. The predicted molar refractivity (Wildman–Crippen MR) is 77.8 cm³/mol. The number of benzene rings is 1. The van der Waals surface area contributed by atoms with E-state index in [1.807, 2.05) is 31.3 Å². The van der Waals surface area contributed by atoms with E-state index in [9.17, 15) is 0 Å². The monoisotopic (exact) mass is 281 g/mol. The number of nitrogens with one attached hydrogen (secondary N) is 1. The third-order valence-corrected chi connectivity index (χ3v) is 4.25. The summed E-state index contributed by atoms with van der Waals surface area (Å²) < 4.78 is 6.21. The van der Waals surface area contributed by atoms with Gasteiger partial charge in [0.2, 0.25) is 0 Å². The molecule has 0 saturated carbocycles. The number of hydrogen-bond acceptors (Lipinski definition) is 3. The van der Waals surface area contributed by atoms with Crippen molar-refractivity contribution in [2.45, 2.75) is 12.5 Å². The topological polar surface area (TPSA) is 21.3 Å². The highest BCUT2D eigenvalue weighted by Gasteiger charge is 2.14. The van der Waals surface area contributed by atoms with E-state index in [1.165, 1.54) is 10.4 Å². The Labute approximate surface area is 117 Å². The maximum Gasteiger partial charge on any atom is 0.122 e. The number of rotatable bonds is 5. The molecule has 0 fully saturated rings. The van der Waals surface area contributed by atoms with Gasteiger partial charge in [0, 0.05) is 10.9 Å². The number of hydrogen-bond donors (Lipinski definition) is 1. The average Bonchev–Trinajstić information content (AvgIpc) is 2.83. The van der Waals surface area contributed by atoms with Crippen LogP contribution in [0.4, 0.5) is 0 Å². The van der Waals surface area contributed by atoms with Gasteiger partial charge < -0.3 is 10.1 Å². The van der Waals surface area contributed by atoms with E-state index in [0.717, 1.165) is 16.5 Å². The van der Waals surface area contributed by atoms with Crippen LogP contribution in [0.3, 0.4) is 0 Å². The molecule has 0 amide bonds. The second kappa shape index (κ2) is 6.23. The molecule has 1 atom stereocenters. The standard InChI is InChI=1S/C14H16ClNOS/c1-16-11(13-7-8-14(15)18-13)9-10-5-3-4-6-12(10)17-2/h3-8,11,16H,9H2,1-2H3. The molecule has 2 rings (SSSR count). The molecule has 4 heteroatoms. The van der Waals surface area contributed by atoms with Crippen LogP contribution in [0.2, 0.25) is 4.34 Å². The smallest absolute Gasteiger partial charge is 0.122 e. The van der Waals surface area contributed by atoms with Crippen molar-refractivity contribution < 1.29 is 4.74 Å². The minimum absolute atomic E-state index is 0.263. The Morgan fingerprint density at radius 3 is 2.67 bits per heavy atom. The summed E-state index contributed by atoms with van der Waals surface area (Å²) >= 11 is 7.60.